The Kier molecular flexibility index (Phi) is 5.91. The molecular weight excluding hydrogens is 494 g/mol. The van der Waals surface area contributed by atoms with E-state index in [1.807, 2.05) is 0 Å². The maximum atomic E-state index is 13.6. The maximum absolute atomic E-state index is 13.6. The van der Waals surface area contributed by atoms with Crippen LogP contribution in [0.3, 0.4) is 0 Å². The number of hydrogen-bond acceptors (Lipinski definition) is 6. The lowest BCUT2D eigenvalue weighted by atomic mass is 10.1. The van der Waals surface area contributed by atoms with Crippen LogP contribution in [0.4, 0.5) is 10.2 Å². The molecule has 0 aliphatic heterocycles. The molecule has 0 aliphatic carbocycles. The van der Waals surface area contributed by atoms with Crippen molar-refractivity contribution in [2.75, 3.05) is 19.0 Å². The van der Waals surface area contributed by atoms with Gasteiger partial charge in [-0.3, -0.25) is 4.79 Å². The lowest BCUT2D eigenvalue weighted by Gasteiger charge is -2.11. The van der Waals surface area contributed by atoms with E-state index in [1.165, 1.54) is 16.8 Å². The number of benzene rings is 2. The second-order valence-corrected chi connectivity index (χ2v) is 9.80. The Balaban J connectivity index is 1.97. The van der Waals surface area contributed by atoms with E-state index in [4.69, 9.17) is 28.3 Å². The van der Waals surface area contributed by atoms with Crippen LogP contribution in [0.5, 0.6) is 0 Å². The Morgan fingerprint density at radius 1 is 1.18 bits per heavy atom. The Hall–Kier alpha value is -2.99. The Bertz CT molecular complexity index is 1540. The largest absolute Gasteiger partial charge is 0.361 e. The number of primary sulfonamides is 1. The van der Waals surface area contributed by atoms with Crippen LogP contribution < -0.4 is 15.6 Å². The highest BCUT2D eigenvalue weighted by Crippen LogP contribution is 2.34. The molecule has 13 heteroatoms. The molecule has 0 spiro atoms. The van der Waals surface area contributed by atoms with Gasteiger partial charge in [0.15, 0.2) is 11.5 Å². The summed E-state index contributed by atoms with van der Waals surface area (Å²) >= 11 is 12.7. The van der Waals surface area contributed by atoms with Crippen molar-refractivity contribution in [2.24, 2.45) is 5.14 Å². The number of nitrogens with two attached hydrogens (primary N) is 1. The van der Waals surface area contributed by atoms with Crippen molar-refractivity contribution < 1.29 is 12.8 Å². The second-order valence-electron chi connectivity index (χ2n) is 7.43. The van der Waals surface area contributed by atoms with Crippen molar-refractivity contribution in [2.45, 2.75) is 11.3 Å². The van der Waals surface area contributed by atoms with E-state index in [2.05, 4.69) is 15.1 Å². The number of halogens is 3. The van der Waals surface area contributed by atoms with Crippen LogP contribution in [0, 0.1) is 5.82 Å². The zero-order valence-corrected chi connectivity index (χ0v) is 19.6. The second kappa shape index (κ2) is 8.41. The summed E-state index contributed by atoms with van der Waals surface area (Å²) in [6, 6.07) is 8.20. The van der Waals surface area contributed by atoms with Gasteiger partial charge in [-0.1, -0.05) is 35.3 Å². The fourth-order valence-electron chi connectivity index (χ4n) is 3.36. The number of sulfonamides is 1. The number of nitrogens with zero attached hydrogens (tertiary/aromatic N) is 4. The minimum absolute atomic E-state index is 0.0602. The van der Waals surface area contributed by atoms with Gasteiger partial charge in [-0.25, -0.2) is 27.6 Å². The molecule has 4 rings (SSSR count). The van der Waals surface area contributed by atoms with Crippen molar-refractivity contribution >= 4 is 50.1 Å². The van der Waals surface area contributed by atoms with Crippen molar-refractivity contribution in [3.8, 4) is 5.69 Å². The molecular formula is C20H17Cl2FN6O3S. The van der Waals surface area contributed by atoms with E-state index in [-0.39, 0.29) is 43.9 Å². The van der Waals surface area contributed by atoms with Crippen LogP contribution in [-0.4, -0.2) is 42.3 Å². The molecule has 0 saturated heterocycles. The lowest BCUT2D eigenvalue weighted by Crippen LogP contribution is -2.16. The van der Waals surface area contributed by atoms with Gasteiger partial charge in [0.25, 0.3) is 5.56 Å². The van der Waals surface area contributed by atoms with E-state index < -0.39 is 21.4 Å². The molecule has 33 heavy (non-hydrogen) atoms. The lowest BCUT2D eigenvalue weighted by molar-refractivity contribution is 0.597. The zero-order chi connectivity index (χ0) is 24.1. The summed E-state index contributed by atoms with van der Waals surface area (Å²) in [7, 11) is -0.669. The molecule has 0 unspecified atom stereocenters. The first-order valence-electron chi connectivity index (χ1n) is 9.41. The average Bonchev–Trinajstić information content (AvgIpc) is 3.07. The molecule has 0 atom stereocenters. The average molecular weight is 511 g/mol. The summed E-state index contributed by atoms with van der Waals surface area (Å²) in [4.78, 5) is 21.5. The van der Waals surface area contributed by atoms with Crippen LogP contribution in [0.2, 0.25) is 10.0 Å². The number of fused-ring (bicyclic) bond motifs is 1. The molecule has 3 N–H and O–H groups in total. The first-order valence-corrected chi connectivity index (χ1v) is 11.7. The van der Waals surface area contributed by atoms with Crippen LogP contribution in [0.15, 0.2) is 46.1 Å². The molecule has 0 saturated carbocycles. The summed E-state index contributed by atoms with van der Waals surface area (Å²) in [5.41, 5.74) is 0.402. The number of nitrogens with one attached hydrogen (secondary N) is 1. The zero-order valence-electron chi connectivity index (χ0n) is 17.3. The SMILES string of the molecule is CN(C)c1nn(-c2c(Cl)cc(S(N)(=O)=O)cc2Cl)c2nc(Cc3cccc(F)c3)[nH]c(=O)c12. The number of aromatic nitrogens is 4. The molecule has 0 aliphatic rings. The first-order chi connectivity index (χ1) is 15.5. The third-order valence-corrected chi connectivity index (χ3v) is 6.25. The number of hydrogen-bond donors (Lipinski definition) is 2. The fraction of sp³-hybridized carbons (Fsp3) is 0.150. The molecule has 0 bridgehead atoms. The monoisotopic (exact) mass is 510 g/mol. The summed E-state index contributed by atoms with van der Waals surface area (Å²) in [5.74, 6) is 0.140. The van der Waals surface area contributed by atoms with Gasteiger partial charge in [-0.2, -0.15) is 0 Å². The standard InChI is InChI=1S/C20H17Cl2FN6O3S/c1-28(2)19-16-18(25-15(26-20(16)30)7-10-4-3-5-11(23)6-10)29(27-19)17-13(21)8-12(9-14(17)22)33(24,31)32/h3-6,8-9H,7H2,1-2H3,(H2,24,31,32)(H,25,26,30). The predicted octanol–water partition coefficient (Wildman–Crippen LogP) is 2.86. The summed E-state index contributed by atoms with van der Waals surface area (Å²) in [5, 5.41) is 9.68. The molecule has 0 amide bonds. The van der Waals surface area contributed by atoms with E-state index >= 15 is 0 Å². The summed E-state index contributed by atoms with van der Waals surface area (Å²) in [6.45, 7) is 0. The number of H-pyrrole nitrogens is 1. The van der Waals surface area contributed by atoms with Gasteiger partial charge in [-0.15, -0.1) is 5.10 Å². The van der Waals surface area contributed by atoms with Gasteiger partial charge in [0.2, 0.25) is 10.0 Å². The third-order valence-electron chi connectivity index (χ3n) is 4.78. The Morgan fingerprint density at radius 2 is 1.85 bits per heavy atom. The van der Waals surface area contributed by atoms with Crippen LogP contribution in [0.25, 0.3) is 16.7 Å². The number of aromatic amines is 1. The molecule has 0 radical (unpaired) electrons. The molecule has 2 heterocycles. The number of rotatable bonds is 5. The highest BCUT2D eigenvalue weighted by Gasteiger charge is 2.24. The third kappa shape index (κ3) is 4.44. The quantitative estimate of drug-likeness (QED) is 0.424. The smallest absolute Gasteiger partial charge is 0.264 e. The molecule has 0 fully saturated rings. The maximum Gasteiger partial charge on any atom is 0.264 e. The van der Waals surface area contributed by atoms with Crippen molar-refractivity contribution in [3.63, 3.8) is 0 Å². The molecule has 2 aromatic carbocycles. The van der Waals surface area contributed by atoms with Gasteiger partial charge in [0.1, 0.15) is 22.7 Å². The van der Waals surface area contributed by atoms with Crippen LogP contribution in [0.1, 0.15) is 11.4 Å². The van der Waals surface area contributed by atoms with Gasteiger partial charge < -0.3 is 9.88 Å². The van der Waals surface area contributed by atoms with Crippen molar-refractivity contribution in [1.29, 1.82) is 0 Å². The van der Waals surface area contributed by atoms with E-state index in [9.17, 15) is 17.6 Å². The highest BCUT2D eigenvalue weighted by atomic mass is 35.5. The van der Waals surface area contributed by atoms with Crippen LogP contribution >= 0.6 is 23.2 Å². The van der Waals surface area contributed by atoms with Gasteiger partial charge in [-0.05, 0) is 29.8 Å². The Labute approximate surface area is 197 Å². The van der Waals surface area contributed by atoms with Crippen molar-refractivity contribution in [3.05, 3.63) is 74.0 Å². The minimum atomic E-state index is -4.06. The molecule has 4 aromatic rings. The summed E-state index contributed by atoms with van der Waals surface area (Å²) in [6.07, 6.45) is 0.150. The van der Waals surface area contributed by atoms with Gasteiger partial charge in [0, 0.05) is 20.5 Å². The molecule has 9 nitrogen and oxygen atoms in total. The minimum Gasteiger partial charge on any atom is -0.361 e. The van der Waals surface area contributed by atoms with E-state index in [1.54, 1.807) is 31.1 Å². The first kappa shape index (κ1) is 23.2. The Morgan fingerprint density at radius 3 is 2.42 bits per heavy atom. The van der Waals surface area contributed by atoms with Crippen LogP contribution in [-0.2, 0) is 16.4 Å². The normalized spacial score (nSPS) is 11.8. The summed E-state index contributed by atoms with van der Waals surface area (Å²) < 4.78 is 38.3. The van der Waals surface area contributed by atoms with Crippen molar-refractivity contribution in [1.82, 2.24) is 19.7 Å². The van der Waals surface area contributed by atoms with E-state index in [0.717, 1.165) is 12.1 Å². The number of anilines is 1. The molecule has 2 aromatic heterocycles. The van der Waals surface area contributed by atoms with Gasteiger partial charge >= 0.3 is 0 Å². The van der Waals surface area contributed by atoms with Gasteiger partial charge in [0.05, 0.1) is 14.9 Å². The fourth-order valence-corrected chi connectivity index (χ4v) is 4.70. The predicted molar refractivity (Wildman–Crippen MR) is 124 cm³/mol. The topological polar surface area (TPSA) is 127 Å². The molecule has 172 valence electrons. The highest BCUT2D eigenvalue weighted by molar-refractivity contribution is 7.89. The van der Waals surface area contributed by atoms with E-state index in [0.29, 0.717) is 11.4 Å².